The lowest BCUT2D eigenvalue weighted by Gasteiger charge is -2.26. The van der Waals surface area contributed by atoms with Crippen LogP contribution in [0.5, 0.6) is 0 Å². The second-order valence-electron chi connectivity index (χ2n) is 8.51. The smallest absolute Gasteiger partial charge is 0.224 e. The summed E-state index contributed by atoms with van der Waals surface area (Å²) in [5.41, 5.74) is 2.83. The predicted molar refractivity (Wildman–Crippen MR) is 120 cm³/mol. The minimum atomic E-state index is -0.594. The minimum absolute atomic E-state index is 0.0185. The highest BCUT2D eigenvalue weighted by Gasteiger charge is 2.28. The maximum absolute atomic E-state index is 14.1. The fourth-order valence-electron chi connectivity index (χ4n) is 4.37. The van der Waals surface area contributed by atoms with Gasteiger partial charge >= 0.3 is 0 Å². The van der Waals surface area contributed by atoms with Crippen LogP contribution < -0.4 is 10.6 Å². The Morgan fingerprint density at radius 3 is 2.33 bits per heavy atom. The van der Waals surface area contributed by atoms with Crippen molar-refractivity contribution in [2.75, 3.05) is 13.6 Å². The van der Waals surface area contributed by atoms with E-state index in [0.29, 0.717) is 36.2 Å². The topological polar surface area (TPSA) is 74.0 Å². The third kappa shape index (κ3) is 4.89. The van der Waals surface area contributed by atoms with Gasteiger partial charge in [0.25, 0.3) is 0 Å². The van der Waals surface area contributed by atoms with Crippen molar-refractivity contribution in [1.29, 1.82) is 0 Å². The first-order valence-corrected chi connectivity index (χ1v) is 11.1. The van der Waals surface area contributed by atoms with Gasteiger partial charge in [0.2, 0.25) is 11.8 Å². The van der Waals surface area contributed by atoms with E-state index < -0.39 is 11.6 Å². The largest absolute Gasteiger partial charge is 0.359 e. The van der Waals surface area contributed by atoms with E-state index in [2.05, 4.69) is 15.6 Å². The fourth-order valence-corrected chi connectivity index (χ4v) is 4.37. The molecule has 1 aliphatic carbocycles. The molecule has 33 heavy (non-hydrogen) atoms. The molecular weight excluding hydrogens is 431 g/mol. The number of aromatic amines is 1. The molecule has 2 aliphatic rings. The van der Waals surface area contributed by atoms with Gasteiger partial charge in [0, 0.05) is 31.5 Å². The van der Waals surface area contributed by atoms with Crippen LogP contribution in [0.4, 0.5) is 13.2 Å². The normalized spacial score (nSPS) is 18.2. The number of aromatic nitrogens is 1. The molecule has 0 bridgehead atoms. The van der Waals surface area contributed by atoms with E-state index >= 15 is 0 Å². The number of carbonyl (C=O) groups is 2. The van der Waals surface area contributed by atoms with Crippen molar-refractivity contribution in [3.05, 3.63) is 59.4 Å². The van der Waals surface area contributed by atoms with E-state index in [1.165, 1.54) is 18.2 Å². The Kier molecular flexibility index (Phi) is 6.72. The van der Waals surface area contributed by atoms with Crippen molar-refractivity contribution in [2.45, 2.75) is 38.0 Å². The number of carbonyl (C=O) groups excluding carboxylic acids is 2. The van der Waals surface area contributed by atoms with Crippen LogP contribution in [0.3, 0.4) is 0 Å². The number of rotatable bonds is 3. The third-order valence-electron chi connectivity index (χ3n) is 6.39. The summed E-state index contributed by atoms with van der Waals surface area (Å²) in [6, 6.07) is 8.35. The van der Waals surface area contributed by atoms with Gasteiger partial charge in [-0.3, -0.25) is 9.59 Å². The first kappa shape index (κ1) is 22.9. The average molecular weight is 457 g/mol. The number of piperidine rings is 1. The van der Waals surface area contributed by atoms with Gasteiger partial charge in [-0.15, -0.1) is 0 Å². The number of hydrogen-bond acceptors (Lipinski definition) is 2. The van der Waals surface area contributed by atoms with Crippen LogP contribution in [-0.2, 0) is 9.59 Å². The maximum atomic E-state index is 14.1. The highest BCUT2D eigenvalue weighted by atomic mass is 19.1. The molecule has 5 nitrogen and oxygen atoms in total. The summed E-state index contributed by atoms with van der Waals surface area (Å²) in [7, 11) is 1.61. The van der Waals surface area contributed by atoms with Crippen molar-refractivity contribution in [2.24, 2.45) is 5.92 Å². The Labute approximate surface area is 189 Å². The highest BCUT2D eigenvalue weighted by molar-refractivity contribution is 5.92. The number of hydrogen-bond donors (Lipinski definition) is 3. The molecule has 1 aromatic heterocycles. The van der Waals surface area contributed by atoms with Gasteiger partial charge in [0.15, 0.2) is 0 Å². The Morgan fingerprint density at radius 1 is 1.03 bits per heavy atom. The number of halogens is 3. The summed E-state index contributed by atoms with van der Waals surface area (Å²) in [6.07, 6.45) is 4.29. The van der Waals surface area contributed by atoms with Crippen LogP contribution >= 0.6 is 0 Å². The Morgan fingerprint density at radius 2 is 1.76 bits per heavy atom. The summed E-state index contributed by atoms with van der Waals surface area (Å²) >= 11 is 0. The van der Waals surface area contributed by atoms with Crippen molar-refractivity contribution in [3.63, 3.8) is 0 Å². The summed E-state index contributed by atoms with van der Waals surface area (Å²) in [5, 5.41) is 5.81. The monoisotopic (exact) mass is 457 g/mol. The third-order valence-corrected chi connectivity index (χ3v) is 6.39. The van der Waals surface area contributed by atoms with Crippen molar-refractivity contribution < 1.29 is 22.8 Å². The van der Waals surface area contributed by atoms with Crippen LogP contribution in [0.1, 0.15) is 43.6 Å². The molecule has 5 rings (SSSR count). The van der Waals surface area contributed by atoms with E-state index in [-0.39, 0.29) is 23.5 Å². The quantitative estimate of drug-likeness (QED) is 0.530. The lowest BCUT2D eigenvalue weighted by Crippen LogP contribution is -2.41. The zero-order valence-electron chi connectivity index (χ0n) is 18.3. The van der Waals surface area contributed by atoms with Crippen molar-refractivity contribution >= 4 is 22.7 Å². The molecule has 1 saturated carbocycles. The summed E-state index contributed by atoms with van der Waals surface area (Å²) in [6.45, 7) is 0.485. The van der Waals surface area contributed by atoms with E-state index in [0.717, 1.165) is 42.1 Å². The standard InChI is InChI=1S/C18H14F3N.C7H12N2O2/c19-12-6-4-11(5-7-12)17-16(10-2-1-3-10)14-8-13(20)9-15(21)18(14)22-17;1-8-7(11)5-2-3-6(10)9-4-5/h4-10,22H,1-3H2;5H,2-4H2,1H3,(H,8,11)(H,9,10). The number of fused-ring (bicyclic) bond motifs is 1. The molecule has 174 valence electrons. The summed E-state index contributed by atoms with van der Waals surface area (Å²) in [4.78, 5) is 24.8. The number of nitrogens with one attached hydrogen (secondary N) is 3. The average Bonchev–Trinajstić information content (AvgIpc) is 3.13. The molecular formula is C25H26F3N3O2. The molecule has 2 amide bonds. The van der Waals surface area contributed by atoms with Gasteiger partial charge in [0.1, 0.15) is 17.5 Å². The van der Waals surface area contributed by atoms with Gasteiger partial charge in [0.05, 0.1) is 17.1 Å². The summed E-state index contributed by atoms with van der Waals surface area (Å²) < 4.78 is 40.8. The molecule has 1 saturated heterocycles. The maximum Gasteiger partial charge on any atom is 0.224 e. The molecule has 0 spiro atoms. The molecule has 2 fully saturated rings. The number of amides is 2. The molecule has 2 heterocycles. The van der Waals surface area contributed by atoms with Crippen molar-refractivity contribution in [3.8, 4) is 11.3 Å². The molecule has 8 heteroatoms. The molecule has 2 aromatic carbocycles. The molecule has 1 atom stereocenters. The lowest BCUT2D eigenvalue weighted by atomic mass is 9.78. The second-order valence-corrected chi connectivity index (χ2v) is 8.51. The van der Waals surface area contributed by atoms with Crippen LogP contribution in [-0.4, -0.2) is 30.4 Å². The Hall–Kier alpha value is -3.29. The summed E-state index contributed by atoms with van der Waals surface area (Å²) in [5.74, 6) is -1.15. The van der Waals surface area contributed by atoms with Gasteiger partial charge in [-0.1, -0.05) is 6.42 Å². The second kappa shape index (κ2) is 9.68. The van der Waals surface area contributed by atoms with Crippen molar-refractivity contribution in [1.82, 2.24) is 15.6 Å². The van der Waals surface area contributed by atoms with E-state index in [9.17, 15) is 22.8 Å². The number of benzene rings is 2. The first-order chi connectivity index (χ1) is 15.9. The first-order valence-electron chi connectivity index (χ1n) is 11.1. The zero-order chi connectivity index (χ0) is 23.5. The molecule has 3 aromatic rings. The SMILES string of the molecule is CNC(=O)C1CCC(=O)NC1.Fc1ccc(-c2[nH]c3c(F)cc(F)cc3c2C2CCC2)cc1. The Balaban J connectivity index is 0.000000200. The van der Waals surface area contributed by atoms with Gasteiger partial charge in [-0.2, -0.15) is 0 Å². The van der Waals surface area contributed by atoms with E-state index in [1.807, 2.05) is 0 Å². The molecule has 3 N–H and O–H groups in total. The van der Waals surface area contributed by atoms with E-state index in [4.69, 9.17) is 0 Å². The Bertz CT molecular complexity index is 1160. The van der Waals surface area contributed by atoms with Gasteiger partial charge < -0.3 is 15.6 Å². The van der Waals surface area contributed by atoms with Crippen LogP contribution in [0.2, 0.25) is 0 Å². The van der Waals surface area contributed by atoms with Crippen LogP contribution in [0, 0.1) is 23.4 Å². The van der Waals surface area contributed by atoms with Gasteiger partial charge in [-0.25, -0.2) is 13.2 Å². The lowest BCUT2D eigenvalue weighted by molar-refractivity contribution is -0.128. The zero-order valence-corrected chi connectivity index (χ0v) is 18.3. The van der Waals surface area contributed by atoms with Crippen LogP contribution in [0.25, 0.3) is 22.2 Å². The highest BCUT2D eigenvalue weighted by Crippen LogP contribution is 2.45. The molecule has 0 radical (unpaired) electrons. The number of H-pyrrole nitrogens is 1. The molecule has 1 unspecified atom stereocenters. The van der Waals surface area contributed by atoms with Gasteiger partial charge in [-0.05, 0) is 66.6 Å². The fraction of sp³-hybridized carbons (Fsp3) is 0.360. The van der Waals surface area contributed by atoms with Crippen LogP contribution in [0.15, 0.2) is 36.4 Å². The minimum Gasteiger partial charge on any atom is -0.359 e. The van der Waals surface area contributed by atoms with E-state index in [1.54, 1.807) is 19.2 Å². The predicted octanol–water partition coefficient (Wildman–Crippen LogP) is 4.78. The molecule has 1 aliphatic heterocycles.